The van der Waals surface area contributed by atoms with E-state index in [0.29, 0.717) is 0 Å². The number of amides is 1. The minimum absolute atomic E-state index is 0.0922. The summed E-state index contributed by atoms with van der Waals surface area (Å²) in [5.74, 6) is -1.83. The molecule has 0 aliphatic carbocycles. The third-order valence-corrected chi connectivity index (χ3v) is 3.35. The van der Waals surface area contributed by atoms with Crippen molar-refractivity contribution in [2.45, 2.75) is 13.1 Å². The number of carbonyl (C=O) groups is 2. The van der Waals surface area contributed by atoms with E-state index >= 15 is 0 Å². The maximum atomic E-state index is 13.2. The molecule has 0 radical (unpaired) electrons. The molecule has 2 aromatic rings. The van der Waals surface area contributed by atoms with Gasteiger partial charge in [0.2, 0.25) is 11.1 Å². The van der Waals surface area contributed by atoms with Gasteiger partial charge in [-0.2, -0.15) is 18.3 Å². The van der Waals surface area contributed by atoms with Crippen LogP contribution in [0.5, 0.6) is 0 Å². The van der Waals surface area contributed by atoms with Gasteiger partial charge in [0, 0.05) is 18.8 Å². The molecule has 0 saturated carbocycles. The molecule has 0 fully saturated rings. The topological polar surface area (TPSA) is 90.3 Å². The summed E-state index contributed by atoms with van der Waals surface area (Å²) in [6.07, 6.45) is -4.66. The van der Waals surface area contributed by atoms with E-state index in [9.17, 15) is 27.6 Å². The van der Waals surface area contributed by atoms with Crippen LogP contribution in [-0.4, -0.2) is 35.3 Å². The fraction of sp³-hybridized carbons (Fsp3) is 0.250. The highest BCUT2D eigenvalue weighted by Gasteiger charge is 2.34. The molecule has 1 amide bonds. The van der Waals surface area contributed by atoms with Gasteiger partial charge in [-0.05, 0) is 19.1 Å². The van der Waals surface area contributed by atoms with Crippen LogP contribution < -0.4 is 10.7 Å². The summed E-state index contributed by atoms with van der Waals surface area (Å²) in [6.45, 7) is 0.727. The maximum Gasteiger partial charge on any atom is 0.418 e. The van der Waals surface area contributed by atoms with Crippen molar-refractivity contribution in [3.63, 3.8) is 0 Å². The number of carbonyl (C=O) groups excluding carboxylic acids is 2. The Kier molecular flexibility index (Phi) is 5.44. The zero-order chi connectivity index (χ0) is 19.5. The Bertz CT molecular complexity index is 906. The highest BCUT2D eigenvalue weighted by molar-refractivity contribution is 5.89. The Morgan fingerprint density at radius 2 is 1.92 bits per heavy atom. The Labute approximate surface area is 145 Å². The zero-order valence-corrected chi connectivity index (χ0v) is 13.8. The van der Waals surface area contributed by atoms with Gasteiger partial charge >= 0.3 is 12.1 Å². The molecule has 0 aliphatic heterocycles. The number of nitrogens with one attached hydrogen (secondary N) is 1. The fourth-order valence-electron chi connectivity index (χ4n) is 2.10. The largest absolute Gasteiger partial charge is 0.451 e. The molecule has 2 rings (SSSR count). The normalized spacial score (nSPS) is 11.1. The van der Waals surface area contributed by atoms with Gasteiger partial charge < -0.3 is 10.1 Å². The van der Waals surface area contributed by atoms with E-state index in [0.717, 1.165) is 22.9 Å². The fourth-order valence-corrected chi connectivity index (χ4v) is 2.10. The number of hydrogen-bond acceptors (Lipinski definition) is 5. The molecule has 0 bridgehead atoms. The second kappa shape index (κ2) is 7.38. The SMILES string of the molecule is CNC(=O)COC(=O)c1nn(-c2ccccc2C(F)(F)F)c(C)cc1=O. The lowest BCUT2D eigenvalue weighted by atomic mass is 10.1. The van der Waals surface area contributed by atoms with E-state index in [4.69, 9.17) is 0 Å². The van der Waals surface area contributed by atoms with Crippen LogP contribution >= 0.6 is 0 Å². The van der Waals surface area contributed by atoms with Crippen molar-refractivity contribution >= 4 is 11.9 Å². The molecule has 1 aromatic heterocycles. The molecule has 138 valence electrons. The lowest BCUT2D eigenvalue weighted by Crippen LogP contribution is -2.29. The van der Waals surface area contributed by atoms with E-state index in [1.165, 1.54) is 26.1 Å². The van der Waals surface area contributed by atoms with Gasteiger partial charge in [0.05, 0.1) is 11.3 Å². The van der Waals surface area contributed by atoms with Crippen molar-refractivity contribution in [1.29, 1.82) is 0 Å². The number of aryl methyl sites for hydroxylation is 1. The van der Waals surface area contributed by atoms with Gasteiger partial charge in [0.1, 0.15) is 0 Å². The molecule has 0 spiro atoms. The Hall–Kier alpha value is -3.17. The van der Waals surface area contributed by atoms with Gasteiger partial charge in [-0.15, -0.1) is 0 Å². The minimum atomic E-state index is -4.66. The van der Waals surface area contributed by atoms with Gasteiger partial charge in [-0.3, -0.25) is 9.59 Å². The molecule has 10 heteroatoms. The third kappa shape index (κ3) is 4.08. The van der Waals surface area contributed by atoms with Crippen molar-refractivity contribution in [3.8, 4) is 5.69 Å². The average molecular weight is 369 g/mol. The quantitative estimate of drug-likeness (QED) is 0.824. The number of halogens is 3. The van der Waals surface area contributed by atoms with Crippen LogP contribution in [0.4, 0.5) is 13.2 Å². The number of ether oxygens (including phenoxy) is 1. The molecule has 0 atom stereocenters. The van der Waals surface area contributed by atoms with Crippen LogP contribution in [0, 0.1) is 6.92 Å². The summed E-state index contributed by atoms with van der Waals surface area (Å²) in [5, 5.41) is 5.93. The first-order chi connectivity index (χ1) is 12.1. The summed E-state index contributed by atoms with van der Waals surface area (Å²) in [4.78, 5) is 35.0. The highest BCUT2D eigenvalue weighted by Crippen LogP contribution is 2.33. The second-order valence-corrected chi connectivity index (χ2v) is 5.17. The summed E-state index contributed by atoms with van der Waals surface area (Å²) < 4.78 is 45.1. The first-order valence-electron chi connectivity index (χ1n) is 7.30. The van der Waals surface area contributed by atoms with Crippen LogP contribution in [0.2, 0.25) is 0 Å². The molecule has 26 heavy (non-hydrogen) atoms. The average Bonchev–Trinajstić information content (AvgIpc) is 2.58. The number of aromatic nitrogens is 2. The number of alkyl halides is 3. The van der Waals surface area contributed by atoms with E-state index in [1.807, 2.05) is 0 Å². The van der Waals surface area contributed by atoms with E-state index in [2.05, 4.69) is 15.2 Å². The Morgan fingerprint density at radius 1 is 1.27 bits per heavy atom. The van der Waals surface area contributed by atoms with Gasteiger partial charge in [-0.1, -0.05) is 12.1 Å². The monoisotopic (exact) mass is 369 g/mol. The van der Waals surface area contributed by atoms with Crippen molar-refractivity contribution in [2.24, 2.45) is 0 Å². The predicted molar refractivity (Wildman–Crippen MR) is 83.9 cm³/mol. The van der Waals surface area contributed by atoms with E-state index < -0.39 is 41.3 Å². The van der Waals surface area contributed by atoms with E-state index in [-0.39, 0.29) is 11.4 Å². The second-order valence-electron chi connectivity index (χ2n) is 5.17. The summed E-state index contributed by atoms with van der Waals surface area (Å²) in [7, 11) is 1.32. The van der Waals surface area contributed by atoms with E-state index in [1.54, 1.807) is 0 Å². The number of likely N-dealkylation sites (N-methyl/N-ethyl adjacent to an activating group) is 1. The first kappa shape index (κ1) is 19.2. The number of hydrogen-bond donors (Lipinski definition) is 1. The highest BCUT2D eigenvalue weighted by atomic mass is 19.4. The lowest BCUT2D eigenvalue weighted by molar-refractivity contribution is -0.137. The van der Waals surface area contributed by atoms with Crippen molar-refractivity contribution in [3.05, 3.63) is 57.5 Å². The lowest BCUT2D eigenvalue weighted by Gasteiger charge is -2.16. The van der Waals surface area contributed by atoms with Crippen LogP contribution in [0.3, 0.4) is 0 Å². The smallest absolute Gasteiger partial charge is 0.418 e. The molecular weight excluding hydrogens is 355 g/mol. The zero-order valence-electron chi connectivity index (χ0n) is 13.8. The summed E-state index contributed by atoms with van der Waals surface area (Å²) in [6, 6.07) is 5.57. The molecule has 0 unspecified atom stereocenters. The maximum absolute atomic E-state index is 13.2. The molecule has 1 N–H and O–H groups in total. The predicted octanol–water partition coefficient (Wildman–Crippen LogP) is 1.46. The molecule has 0 aliphatic rings. The number of rotatable bonds is 4. The molecule has 7 nitrogen and oxygen atoms in total. The minimum Gasteiger partial charge on any atom is -0.451 e. The molecule has 1 aromatic carbocycles. The standard InChI is InChI=1S/C16H14F3N3O4/c1-9-7-12(23)14(15(25)26-8-13(24)20-2)21-22(9)11-6-4-3-5-10(11)16(17,18)19/h3-7H,8H2,1-2H3,(H,20,24). The first-order valence-corrected chi connectivity index (χ1v) is 7.30. The van der Waals surface area contributed by atoms with Gasteiger partial charge in [0.15, 0.2) is 6.61 Å². The van der Waals surface area contributed by atoms with Crippen LogP contribution in [0.25, 0.3) is 5.69 Å². The van der Waals surface area contributed by atoms with Crippen molar-refractivity contribution < 1.29 is 27.5 Å². The Balaban J connectivity index is 2.52. The van der Waals surface area contributed by atoms with Crippen molar-refractivity contribution in [2.75, 3.05) is 13.7 Å². The van der Waals surface area contributed by atoms with Gasteiger partial charge in [0.25, 0.3) is 5.91 Å². The third-order valence-electron chi connectivity index (χ3n) is 3.35. The van der Waals surface area contributed by atoms with Crippen molar-refractivity contribution in [1.82, 2.24) is 15.1 Å². The van der Waals surface area contributed by atoms with Crippen LogP contribution in [-0.2, 0) is 15.7 Å². The van der Waals surface area contributed by atoms with Crippen LogP contribution in [0.15, 0.2) is 35.1 Å². The number of benzene rings is 1. The molecular formula is C16H14F3N3O4. The number of para-hydroxylation sites is 1. The van der Waals surface area contributed by atoms with Crippen LogP contribution in [0.1, 0.15) is 21.7 Å². The summed E-state index contributed by atoms with van der Waals surface area (Å²) >= 11 is 0. The summed E-state index contributed by atoms with van der Waals surface area (Å²) in [5.41, 5.74) is -2.79. The molecule has 0 saturated heterocycles. The molecule has 1 heterocycles. The number of nitrogens with zero attached hydrogens (tertiary/aromatic N) is 2. The van der Waals surface area contributed by atoms with Gasteiger partial charge in [-0.25, -0.2) is 9.48 Å². The Morgan fingerprint density at radius 3 is 2.54 bits per heavy atom. The number of esters is 1.